The first kappa shape index (κ1) is 23.8. The fourth-order valence-electron chi connectivity index (χ4n) is 4.31. The average molecular weight is 476 g/mol. The quantitative estimate of drug-likeness (QED) is 0.332. The molecule has 1 N–H and O–H groups in total. The Hall–Kier alpha value is -3.31. The minimum Gasteiger partial charge on any atom is -0.492 e. The van der Waals surface area contributed by atoms with Crippen molar-refractivity contribution < 1.29 is 9.53 Å². The van der Waals surface area contributed by atoms with E-state index >= 15 is 0 Å². The largest absolute Gasteiger partial charge is 0.492 e. The number of nitrogens with one attached hydrogen (secondary N) is 1. The molecule has 1 amide bonds. The Kier molecular flexibility index (Phi) is 6.94. The maximum Gasteiger partial charge on any atom is 0.252 e. The van der Waals surface area contributed by atoms with Crippen LogP contribution in [0.15, 0.2) is 54.6 Å². The third kappa shape index (κ3) is 4.95. The number of halogens is 1. The first-order valence-corrected chi connectivity index (χ1v) is 11.8. The second-order valence-electron chi connectivity index (χ2n) is 8.84. The molecule has 4 rings (SSSR count). The van der Waals surface area contributed by atoms with Crippen molar-refractivity contribution in [2.45, 2.75) is 47.2 Å². The third-order valence-corrected chi connectivity index (χ3v) is 6.64. The summed E-state index contributed by atoms with van der Waals surface area (Å²) in [6, 6.07) is 17.5. The molecule has 6 heteroatoms. The van der Waals surface area contributed by atoms with Crippen LogP contribution in [0.25, 0.3) is 11.0 Å². The number of hydrogen-bond acceptors (Lipinski definition) is 3. The van der Waals surface area contributed by atoms with Gasteiger partial charge in [-0.2, -0.15) is 0 Å². The Morgan fingerprint density at radius 3 is 2.44 bits per heavy atom. The number of carbonyl (C=O) groups excluding carboxylic acids is 1. The third-order valence-electron chi connectivity index (χ3n) is 6.04. The highest BCUT2D eigenvalue weighted by Crippen LogP contribution is 2.26. The van der Waals surface area contributed by atoms with Gasteiger partial charge >= 0.3 is 0 Å². The topological polar surface area (TPSA) is 56.2 Å². The number of aromatic nitrogens is 2. The SMILES string of the molecule is Cc1ccc(C(=O)NC(C)c2nc3ccccc3n2CCOc2cc(C)c(Cl)c(C)c2)c(C)c1. The minimum atomic E-state index is -0.277. The summed E-state index contributed by atoms with van der Waals surface area (Å²) >= 11 is 6.29. The van der Waals surface area contributed by atoms with E-state index in [0.29, 0.717) is 18.7 Å². The number of carbonyl (C=O) groups is 1. The van der Waals surface area contributed by atoms with Crippen LogP contribution in [-0.4, -0.2) is 22.1 Å². The van der Waals surface area contributed by atoms with Gasteiger partial charge in [-0.3, -0.25) is 4.79 Å². The molecule has 1 heterocycles. The molecule has 0 bridgehead atoms. The molecular formula is C28H30ClN3O2. The lowest BCUT2D eigenvalue weighted by atomic mass is 10.0. The van der Waals surface area contributed by atoms with Crippen molar-refractivity contribution in [3.63, 3.8) is 0 Å². The van der Waals surface area contributed by atoms with Crippen LogP contribution < -0.4 is 10.1 Å². The normalized spacial score (nSPS) is 12.1. The number of amides is 1. The highest BCUT2D eigenvalue weighted by atomic mass is 35.5. The second-order valence-corrected chi connectivity index (χ2v) is 9.22. The van der Waals surface area contributed by atoms with Crippen molar-refractivity contribution in [2.75, 3.05) is 6.61 Å². The van der Waals surface area contributed by atoms with Gasteiger partial charge in [0.05, 0.1) is 23.6 Å². The lowest BCUT2D eigenvalue weighted by Crippen LogP contribution is -2.29. The summed E-state index contributed by atoms with van der Waals surface area (Å²) in [6.45, 7) is 11.0. The van der Waals surface area contributed by atoms with Gasteiger partial charge in [0.25, 0.3) is 5.91 Å². The number of rotatable bonds is 7. The van der Waals surface area contributed by atoms with Gasteiger partial charge in [0.1, 0.15) is 18.2 Å². The molecule has 34 heavy (non-hydrogen) atoms. The van der Waals surface area contributed by atoms with Crippen molar-refractivity contribution in [3.8, 4) is 5.75 Å². The molecule has 3 aromatic carbocycles. The van der Waals surface area contributed by atoms with Crippen molar-refractivity contribution >= 4 is 28.5 Å². The van der Waals surface area contributed by atoms with Crippen LogP contribution in [0, 0.1) is 27.7 Å². The zero-order valence-corrected chi connectivity index (χ0v) is 21.0. The Morgan fingerprint density at radius 2 is 1.74 bits per heavy atom. The fraction of sp³-hybridized carbons (Fsp3) is 0.286. The highest BCUT2D eigenvalue weighted by Gasteiger charge is 2.20. The van der Waals surface area contributed by atoms with Gasteiger partial charge < -0.3 is 14.6 Å². The van der Waals surface area contributed by atoms with Gasteiger partial charge in [-0.25, -0.2) is 4.98 Å². The van der Waals surface area contributed by atoms with E-state index in [0.717, 1.165) is 49.9 Å². The monoisotopic (exact) mass is 475 g/mol. The van der Waals surface area contributed by atoms with Gasteiger partial charge in [-0.05, 0) is 81.6 Å². The molecule has 1 atom stereocenters. The minimum absolute atomic E-state index is 0.105. The number of aryl methyl sites for hydroxylation is 4. The molecule has 4 aromatic rings. The van der Waals surface area contributed by atoms with Crippen LogP contribution in [0.3, 0.4) is 0 Å². The lowest BCUT2D eigenvalue weighted by molar-refractivity contribution is 0.0937. The van der Waals surface area contributed by atoms with E-state index < -0.39 is 0 Å². The molecule has 0 radical (unpaired) electrons. The Morgan fingerprint density at radius 1 is 1.03 bits per heavy atom. The van der Waals surface area contributed by atoms with Crippen molar-refractivity contribution in [1.29, 1.82) is 0 Å². The Labute approximate surface area is 205 Å². The van der Waals surface area contributed by atoms with Crippen molar-refractivity contribution in [2.24, 2.45) is 0 Å². The standard InChI is InChI=1S/C28H30ClN3O2/c1-17-10-11-23(18(2)14-17)28(33)30-21(5)27-31-24-8-6-7-9-25(24)32(27)12-13-34-22-15-19(3)26(29)20(4)16-22/h6-11,14-16,21H,12-13H2,1-5H3,(H,30,33). The fourth-order valence-corrected chi connectivity index (χ4v) is 4.42. The molecule has 0 aliphatic heterocycles. The molecular weight excluding hydrogens is 446 g/mol. The van der Waals surface area contributed by atoms with E-state index in [2.05, 4.69) is 9.88 Å². The summed E-state index contributed by atoms with van der Waals surface area (Å²) in [7, 11) is 0. The molecule has 0 saturated heterocycles. The highest BCUT2D eigenvalue weighted by molar-refractivity contribution is 6.32. The average Bonchev–Trinajstić information content (AvgIpc) is 3.16. The van der Waals surface area contributed by atoms with E-state index in [1.807, 2.05) is 89.2 Å². The number of fused-ring (bicyclic) bond motifs is 1. The molecule has 0 spiro atoms. The van der Waals surface area contributed by atoms with Gasteiger partial charge in [0, 0.05) is 10.6 Å². The summed E-state index contributed by atoms with van der Waals surface area (Å²) in [6.07, 6.45) is 0. The Bertz CT molecular complexity index is 1340. The number of ether oxygens (including phenoxy) is 1. The van der Waals surface area contributed by atoms with E-state index in [4.69, 9.17) is 21.3 Å². The number of para-hydroxylation sites is 2. The summed E-state index contributed by atoms with van der Waals surface area (Å²) < 4.78 is 8.19. The van der Waals surface area contributed by atoms with Crippen LogP contribution in [-0.2, 0) is 6.54 Å². The van der Waals surface area contributed by atoms with Gasteiger partial charge in [0.2, 0.25) is 0 Å². The van der Waals surface area contributed by atoms with E-state index in [-0.39, 0.29) is 11.9 Å². The molecule has 0 aliphatic carbocycles. The zero-order valence-electron chi connectivity index (χ0n) is 20.3. The van der Waals surface area contributed by atoms with Crippen molar-refractivity contribution in [1.82, 2.24) is 14.9 Å². The number of benzene rings is 3. The predicted molar refractivity (Wildman–Crippen MR) is 138 cm³/mol. The van der Waals surface area contributed by atoms with Crippen molar-refractivity contribution in [3.05, 3.63) is 93.3 Å². The first-order chi connectivity index (χ1) is 16.2. The summed E-state index contributed by atoms with van der Waals surface area (Å²) in [5.41, 5.74) is 6.66. The van der Waals surface area contributed by atoms with Crippen LogP contribution >= 0.6 is 11.6 Å². The lowest BCUT2D eigenvalue weighted by Gasteiger charge is -2.18. The molecule has 176 valence electrons. The van der Waals surface area contributed by atoms with Crippen LogP contribution in [0.2, 0.25) is 5.02 Å². The number of hydrogen-bond donors (Lipinski definition) is 1. The van der Waals surface area contributed by atoms with E-state index in [1.54, 1.807) is 0 Å². The summed E-state index contributed by atoms with van der Waals surface area (Å²) in [5.74, 6) is 1.49. The van der Waals surface area contributed by atoms with E-state index in [9.17, 15) is 4.79 Å². The maximum absolute atomic E-state index is 13.0. The molecule has 0 aliphatic rings. The van der Waals surface area contributed by atoms with E-state index in [1.165, 1.54) is 0 Å². The summed E-state index contributed by atoms with van der Waals surface area (Å²) in [5, 5.41) is 3.89. The Balaban J connectivity index is 1.55. The van der Waals surface area contributed by atoms with Crippen LogP contribution in [0.1, 0.15) is 51.4 Å². The van der Waals surface area contributed by atoms with Gasteiger partial charge in [0.15, 0.2) is 0 Å². The second kappa shape index (κ2) is 9.90. The summed E-state index contributed by atoms with van der Waals surface area (Å²) in [4.78, 5) is 17.8. The smallest absolute Gasteiger partial charge is 0.252 e. The van der Waals surface area contributed by atoms with Gasteiger partial charge in [-0.15, -0.1) is 0 Å². The van der Waals surface area contributed by atoms with Crippen LogP contribution in [0.4, 0.5) is 0 Å². The molecule has 1 aromatic heterocycles. The van der Waals surface area contributed by atoms with Crippen LogP contribution in [0.5, 0.6) is 5.75 Å². The maximum atomic E-state index is 13.0. The molecule has 5 nitrogen and oxygen atoms in total. The molecule has 1 unspecified atom stereocenters. The molecule has 0 fully saturated rings. The zero-order chi connectivity index (χ0) is 24.4. The first-order valence-electron chi connectivity index (χ1n) is 11.5. The molecule has 0 saturated carbocycles. The predicted octanol–water partition coefficient (Wildman–Crippen LogP) is 6.49. The van der Waals surface area contributed by atoms with Gasteiger partial charge in [-0.1, -0.05) is 41.4 Å². The number of imidazole rings is 1. The number of nitrogens with zero attached hydrogens (tertiary/aromatic N) is 2.